The van der Waals surface area contributed by atoms with E-state index in [-0.39, 0.29) is 6.61 Å². The minimum absolute atomic E-state index is 0.134. The summed E-state index contributed by atoms with van der Waals surface area (Å²) in [6.45, 7) is 3.87. The van der Waals surface area contributed by atoms with E-state index in [0.717, 1.165) is 11.3 Å². The minimum atomic E-state index is -0.134. The Hall–Kier alpha value is -1.58. The molecule has 4 heteroatoms. The Kier molecular flexibility index (Phi) is 3.84. The van der Waals surface area contributed by atoms with Crippen LogP contribution in [0.15, 0.2) is 30.5 Å². The highest BCUT2D eigenvalue weighted by atomic mass is 35.5. The van der Waals surface area contributed by atoms with Crippen molar-refractivity contribution >= 4 is 11.6 Å². The number of rotatable bonds is 3. The molecular formula is C14H14ClNO2. The summed E-state index contributed by atoms with van der Waals surface area (Å²) in [5.41, 5.74) is 2.82. The zero-order valence-corrected chi connectivity index (χ0v) is 11.0. The smallest absolute Gasteiger partial charge is 0.219 e. The van der Waals surface area contributed by atoms with E-state index in [4.69, 9.17) is 21.4 Å². The molecule has 0 atom stereocenters. The Bertz CT molecular complexity index is 570. The molecule has 94 valence electrons. The highest BCUT2D eigenvalue weighted by Crippen LogP contribution is 2.26. The van der Waals surface area contributed by atoms with Crippen LogP contribution in [-0.2, 0) is 6.61 Å². The Balaban J connectivity index is 2.28. The van der Waals surface area contributed by atoms with E-state index in [0.29, 0.717) is 16.5 Å². The molecule has 1 N–H and O–H groups in total. The van der Waals surface area contributed by atoms with Crippen LogP contribution in [0.2, 0.25) is 5.02 Å². The second-order valence-corrected chi connectivity index (χ2v) is 4.55. The van der Waals surface area contributed by atoms with E-state index in [9.17, 15) is 0 Å². The molecule has 0 bridgehead atoms. The van der Waals surface area contributed by atoms with Crippen LogP contribution in [0.1, 0.15) is 16.7 Å². The van der Waals surface area contributed by atoms with Gasteiger partial charge in [0.1, 0.15) is 5.75 Å². The van der Waals surface area contributed by atoms with Crippen LogP contribution in [0.25, 0.3) is 0 Å². The van der Waals surface area contributed by atoms with Gasteiger partial charge in [-0.15, -0.1) is 0 Å². The van der Waals surface area contributed by atoms with Crippen molar-refractivity contribution in [3.8, 4) is 11.6 Å². The monoisotopic (exact) mass is 263 g/mol. The maximum atomic E-state index is 9.13. The zero-order valence-electron chi connectivity index (χ0n) is 10.3. The van der Waals surface area contributed by atoms with Crippen LogP contribution in [0.4, 0.5) is 0 Å². The lowest BCUT2D eigenvalue weighted by Crippen LogP contribution is -1.93. The number of nitrogens with zero attached hydrogens (tertiary/aromatic N) is 1. The topological polar surface area (TPSA) is 42.4 Å². The lowest BCUT2D eigenvalue weighted by molar-refractivity contribution is 0.281. The Labute approximate surface area is 111 Å². The number of ether oxygens (including phenoxy) is 1. The van der Waals surface area contributed by atoms with Crippen molar-refractivity contribution in [1.29, 1.82) is 0 Å². The predicted molar refractivity (Wildman–Crippen MR) is 71.2 cm³/mol. The number of aryl methyl sites for hydroxylation is 2. The number of hydrogen-bond donors (Lipinski definition) is 1. The van der Waals surface area contributed by atoms with Gasteiger partial charge in [-0.05, 0) is 25.5 Å². The lowest BCUT2D eigenvalue weighted by Gasteiger charge is -2.09. The Morgan fingerprint density at radius 1 is 1.28 bits per heavy atom. The number of pyridine rings is 1. The van der Waals surface area contributed by atoms with Gasteiger partial charge in [-0.1, -0.05) is 29.3 Å². The van der Waals surface area contributed by atoms with Crippen LogP contribution in [0.3, 0.4) is 0 Å². The summed E-state index contributed by atoms with van der Waals surface area (Å²) in [6.07, 6.45) is 1.48. The molecule has 3 nitrogen and oxygen atoms in total. The van der Waals surface area contributed by atoms with E-state index in [1.54, 1.807) is 6.07 Å². The van der Waals surface area contributed by atoms with E-state index in [1.165, 1.54) is 11.8 Å². The molecule has 1 heterocycles. The first-order valence-electron chi connectivity index (χ1n) is 5.60. The average molecular weight is 264 g/mol. The maximum absolute atomic E-state index is 9.13. The molecule has 2 rings (SSSR count). The van der Waals surface area contributed by atoms with Crippen molar-refractivity contribution in [1.82, 2.24) is 4.98 Å². The molecule has 0 amide bonds. The van der Waals surface area contributed by atoms with Crippen molar-refractivity contribution in [3.63, 3.8) is 0 Å². The third-order valence-electron chi connectivity index (χ3n) is 2.62. The molecule has 0 saturated carbocycles. The van der Waals surface area contributed by atoms with Gasteiger partial charge >= 0.3 is 0 Å². The number of benzene rings is 1. The molecule has 0 unspecified atom stereocenters. The predicted octanol–water partition coefficient (Wildman–Crippen LogP) is 3.64. The lowest BCUT2D eigenvalue weighted by atomic mass is 10.1. The molecule has 0 fully saturated rings. The maximum Gasteiger partial charge on any atom is 0.219 e. The zero-order chi connectivity index (χ0) is 13.1. The normalized spacial score (nSPS) is 10.4. The number of aliphatic hydroxyl groups excluding tert-OH is 1. The van der Waals surface area contributed by atoms with Gasteiger partial charge in [-0.2, -0.15) is 0 Å². The van der Waals surface area contributed by atoms with E-state index < -0.39 is 0 Å². The quantitative estimate of drug-likeness (QED) is 0.919. The molecule has 1 aromatic carbocycles. The van der Waals surface area contributed by atoms with Crippen LogP contribution in [0.5, 0.6) is 11.6 Å². The summed E-state index contributed by atoms with van der Waals surface area (Å²) >= 11 is 5.87. The van der Waals surface area contributed by atoms with Gasteiger partial charge in [0.25, 0.3) is 0 Å². The summed E-state index contributed by atoms with van der Waals surface area (Å²) in [7, 11) is 0. The fourth-order valence-electron chi connectivity index (χ4n) is 1.66. The first-order valence-corrected chi connectivity index (χ1v) is 5.98. The van der Waals surface area contributed by atoms with Gasteiger partial charge in [0.15, 0.2) is 0 Å². The number of hydrogen-bond acceptors (Lipinski definition) is 3. The number of halogens is 1. The Morgan fingerprint density at radius 3 is 2.72 bits per heavy atom. The van der Waals surface area contributed by atoms with Crippen molar-refractivity contribution < 1.29 is 9.84 Å². The van der Waals surface area contributed by atoms with Crippen LogP contribution < -0.4 is 4.74 Å². The van der Waals surface area contributed by atoms with E-state index >= 15 is 0 Å². The summed E-state index contributed by atoms with van der Waals surface area (Å²) in [5.74, 6) is 1.18. The van der Waals surface area contributed by atoms with Crippen LogP contribution in [0, 0.1) is 13.8 Å². The van der Waals surface area contributed by atoms with Gasteiger partial charge in [0, 0.05) is 17.8 Å². The molecule has 0 saturated heterocycles. The Morgan fingerprint density at radius 2 is 2.06 bits per heavy atom. The second-order valence-electron chi connectivity index (χ2n) is 4.14. The molecule has 0 radical (unpaired) electrons. The third kappa shape index (κ3) is 2.81. The molecule has 2 aromatic rings. The molecule has 0 aliphatic heterocycles. The standard InChI is InChI=1S/C14H14ClNO2/c1-9-3-4-13(10(2)5-9)18-14-6-11(8-17)12(15)7-16-14/h3-7,17H,8H2,1-2H3. The number of aromatic nitrogens is 1. The van der Waals surface area contributed by atoms with Crippen molar-refractivity contribution in [2.24, 2.45) is 0 Å². The van der Waals surface area contributed by atoms with Gasteiger partial charge in [0.2, 0.25) is 5.88 Å². The van der Waals surface area contributed by atoms with E-state index in [1.807, 2.05) is 32.0 Å². The highest BCUT2D eigenvalue weighted by molar-refractivity contribution is 6.31. The van der Waals surface area contributed by atoms with Crippen molar-refractivity contribution in [2.75, 3.05) is 0 Å². The largest absolute Gasteiger partial charge is 0.439 e. The third-order valence-corrected chi connectivity index (χ3v) is 2.97. The van der Waals surface area contributed by atoms with Crippen molar-refractivity contribution in [3.05, 3.63) is 52.2 Å². The van der Waals surface area contributed by atoms with Gasteiger partial charge < -0.3 is 9.84 Å². The second kappa shape index (κ2) is 5.38. The van der Waals surface area contributed by atoms with Crippen molar-refractivity contribution in [2.45, 2.75) is 20.5 Å². The van der Waals surface area contributed by atoms with E-state index in [2.05, 4.69) is 4.98 Å². The molecular weight excluding hydrogens is 250 g/mol. The number of aliphatic hydroxyl groups is 1. The summed E-state index contributed by atoms with van der Waals surface area (Å²) < 4.78 is 5.68. The van der Waals surface area contributed by atoms with Crippen LogP contribution in [-0.4, -0.2) is 10.1 Å². The molecule has 0 aliphatic rings. The SMILES string of the molecule is Cc1ccc(Oc2cc(CO)c(Cl)cn2)c(C)c1. The molecule has 0 spiro atoms. The van der Waals surface area contributed by atoms with Gasteiger partial charge in [-0.25, -0.2) is 4.98 Å². The average Bonchev–Trinajstić information content (AvgIpc) is 2.35. The molecule has 18 heavy (non-hydrogen) atoms. The first-order chi connectivity index (χ1) is 8.60. The minimum Gasteiger partial charge on any atom is -0.439 e. The fraction of sp³-hybridized carbons (Fsp3) is 0.214. The van der Waals surface area contributed by atoms with Gasteiger partial charge in [-0.3, -0.25) is 0 Å². The summed E-state index contributed by atoms with van der Waals surface area (Å²) in [4.78, 5) is 4.08. The molecule has 1 aromatic heterocycles. The first kappa shape index (κ1) is 12.9. The van der Waals surface area contributed by atoms with Crippen LogP contribution >= 0.6 is 11.6 Å². The summed E-state index contributed by atoms with van der Waals surface area (Å²) in [5, 5.41) is 9.57. The molecule has 0 aliphatic carbocycles. The highest BCUT2D eigenvalue weighted by Gasteiger charge is 2.06. The van der Waals surface area contributed by atoms with Gasteiger partial charge in [0.05, 0.1) is 11.6 Å². The summed E-state index contributed by atoms with van der Waals surface area (Å²) in [6, 6.07) is 7.56. The fourth-order valence-corrected chi connectivity index (χ4v) is 1.83.